The molecule has 0 spiro atoms. The highest BCUT2D eigenvalue weighted by molar-refractivity contribution is 7.99. The third kappa shape index (κ3) is 4.24. The second-order valence-electron chi connectivity index (χ2n) is 6.01. The summed E-state index contributed by atoms with van der Waals surface area (Å²) in [5, 5.41) is 6.92. The van der Waals surface area contributed by atoms with E-state index in [1.54, 1.807) is 0 Å². The summed E-state index contributed by atoms with van der Waals surface area (Å²) in [6.07, 6.45) is 1.16. The molecule has 1 heterocycles. The molecule has 1 aromatic carbocycles. The quantitative estimate of drug-likeness (QED) is 0.788. The molecule has 2 rings (SSSR count). The van der Waals surface area contributed by atoms with Gasteiger partial charge in [0.25, 0.3) is 0 Å². The van der Waals surface area contributed by atoms with Crippen LogP contribution in [0.3, 0.4) is 0 Å². The van der Waals surface area contributed by atoms with Crippen molar-refractivity contribution in [1.29, 1.82) is 0 Å². The Morgan fingerprint density at radius 1 is 1.43 bits per heavy atom. The summed E-state index contributed by atoms with van der Waals surface area (Å²) >= 11 is 1.89. The van der Waals surface area contributed by atoms with E-state index in [1.807, 2.05) is 24.8 Å². The van der Waals surface area contributed by atoms with Gasteiger partial charge in [-0.3, -0.25) is 4.79 Å². The number of benzene rings is 1. The first-order valence-corrected chi connectivity index (χ1v) is 8.68. The minimum atomic E-state index is 0.0693. The standard InChI is InChI=1S/C17H26N2OS/c1-5-12(3)21-15-6-7-16(11(2)8-15)19-17(20)13(4)14-9-18-10-14/h6-8,12-14,18H,5,9-10H2,1-4H3,(H,19,20). The van der Waals surface area contributed by atoms with Gasteiger partial charge in [-0.25, -0.2) is 0 Å². The van der Waals surface area contributed by atoms with E-state index in [-0.39, 0.29) is 11.8 Å². The summed E-state index contributed by atoms with van der Waals surface area (Å²) in [5.74, 6) is 0.678. The average molecular weight is 306 g/mol. The Bertz CT molecular complexity index is 500. The molecule has 3 nitrogen and oxygen atoms in total. The van der Waals surface area contributed by atoms with Gasteiger partial charge in [0, 0.05) is 21.8 Å². The summed E-state index contributed by atoms with van der Waals surface area (Å²) in [7, 11) is 0. The third-order valence-corrected chi connectivity index (χ3v) is 5.56. The van der Waals surface area contributed by atoms with Crippen LogP contribution in [0.15, 0.2) is 23.1 Å². The lowest BCUT2D eigenvalue weighted by molar-refractivity contribution is -0.121. The molecule has 0 aliphatic carbocycles. The molecule has 0 saturated carbocycles. The third-order valence-electron chi connectivity index (χ3n) is 4.30. The fraction of sp³-hybridized carbons (Fsp3) is 0.588. The van der Waals surface area contributed by atoms with Gasteiger partial charge in [0.05, 0.1) is 0 Å². The van der Waals surface area contributed by atoms with E-state index >= 15 is 0 Å². The van der Waals surface area contributed by atoms with E-state index in [1.165, 1.54) is 4.90 Å². The number of aryl methyl sites for hydroxylation is 1. The first-order chi connectivity index (χ1) is 10.0. The number of anilines is 1. The van der Waals surface area contributed by atoms with Gasteiger partial charge >= 0.3 is 0 Å². The maximum atomic E-state index is 12.3. The van der Waals surface area contributed by atoms with Gasteiger partial charge in [-0.15, -0.1) is 11.8 Å². The van der Waals surface area contributed by atoms with Gasteiger partial charge in [-0.2, -0.15) is 0 Å². The normalized spacial score (nSPS) is 17.9. The Balaban J connectivity index is 1.98. The predicted molar refractivity (Wildman–Crippen MR) is 90.9 cm³/mol. The van der Waals surface area contributed by atoms with Crippen molar-refractivity contribution >= 4 is 23.4 Å². The minimum absolute atomic E-state index is 0.0693. The monoisotopic (exact) mass is 306 g/mol. The Labute approximate surface area is 132 Å². The van der Waals surface area contributed by atoms with E-state index in [9.17, 15) is 4.79 Å². The van der Waals surface area contributed by atoms with Gasteiger partial charge in [-0.05, 0) is 56.1 Å². The molecule has 1 amide bonds. The average Bonchev–Trinajstić information content (AvgIpc) is 2.39. The molecule has 0 bridgehead atoms. The van der Waals surface area contributed by atoms with Crippen LogP contribution in [0.25, 0.3) is 0 Å². The Hall–Kier alpha value is -1.00. The molecular formula is C17H26N2OS. The Kier molecular flexibility index (Phi) is 5.71. The summed E-state index contributed by atoms with van der Waals surface area (Å²) in [4.78, 5) is 13.5. The molecule has 1 saturated heterocycles. The van der Waals surface area contributed by atoms with Gasteiger partial charge in [-0.1, -0.05) is 20.8 Å². The number of carbonyl (C=O) groups excluding carboxylic acids is 1. The van der Waals surface area contributed by atoms with E-state index in [0.29, 0.717) is 11.2 Å². The summed E-state index contributed by atoms with van der Waals surface area (Å²) in [6.45, 7) is 10.4. The molecule has 1 aliphatic heterocycles. The zero-order valence-corrected chi connectivity index (χ0v) is 14.2. The molecule has 0 radical (unpaired) electrons. The molecule has 1 aliphatic rings. The molecule has 2 atom stereocenters. The molecule has 0 aromatic heterocycles. The SMILES string of the molecule is CCC(C)Sc1ccc(NC(=O)C(C)C2CNC2)c(C)c1. The second kappa shape index (κ2) is 7.32. The number of nitrogens with one attached hydrogen (secondary N) is 2. The Morgan fingerprint density at radius 3 is 2.67 bits per heavy atom. The molecule has 4 heteroatoms. The van der Waals surface area contributed by atoms with Crippen molar-refractivity contribution in [3.8, 4) is 0 Å². The van der Waals surface area contributed by atoms with Gasteiger partial charge in [0.2, 0.25) is 5.91 Å². The van der Waals surface area contributed by atoms with Crippen molar-refractivity contribution < 1.29 is 4.79 Å². The number of hydrogen-bond donors (Lipinski definition) is 2. The van der Waals surface area contributed by atoms with Crippen LogP contribution in [0, 0.1) is 18.8 Å². The van der Waals surface area contributed by atoms with Crippen molar-refractivity contribution in [3.63, 3.8) is 0 Å². The molecule has 2 N–H and O–H groups in total. The first-order valence-electron chi connectivity index (χ1n) is 7.80. The van der Waals surface area contributed by atoms with Crippen molar-refractivity contribution in [2.45, 2.75) is 44.3 Å². The highest BCUT2D eigenvalue weighted by Gasteiger charge is 2.28. The number of hydrogen-bond acceptors (Lipinski definition) is 3. The maximum absolute atomic E-state index is 12.3. The minimum Gasteiger partial charge on any atom is -0.326 e. The van der Waals surface area contributed by atoms with Crippen LogP contribution in [-0.2, 0) is 4.79 Å². The van der Waals surface area contributed by atoms with Gasteiger partial charge < -0.3 is 10.6 Å². The summed E-state index contributed by atoms with van der Waals surface area (Å²) < 4.78 is 0. The molecular weight excluding hydrogens is 280 g/mol. The summed E-state index contributed by atoms with van der Waals surface area (Å²) in [5.41, 5.74) is 2.07. The van der Waals surface area contributed by atoms with Crippen LogP contribution in [0.4, 0.5) is 5.69 Å². The largest absolute Gasteiger partial charge is 0.326 e. The second-order valence-corrected chi connectivity index (χ2v) is 7.52. The van der Waals surface area contributed by atoms with Crippen molar-refractivity contribution in [2.24, 2.45) is 11.8 Å². The highest BCUT2D eigenvalue weighted by atomic mass is 32.2. The highest BCUT2D eigenvalue weighted by Crippen LogP contribution is 2.29. The molecule has 21 heavy (non-hydrogen) atoms. The molecule has 2 unspecified atom stereocenters. The van der Waals surface area contributed by atoms with Crippen LogP contribution >= 0.6 is 11.8 Å². The number of carbonyl (C=O) groups is 1. The van der Waals surface area contributed by atoms with Crippen LogP contribution in [-0.4, -0.2) is 24.2 Å². The maximum Gasteiger partial charge on any atom is 0.227 e. The van der Waals surface area contributed by atoms with Crippen LogP contribution in [0.5, 0.6) is 0 Å². The lowest BCUT2D eigenvalue weighted by Crippen LogP contribution is -2.48. The first kappa shape index (κ1) is 16.4. The van der Waals surface area contributed by atoms with Gasteiger partial charge in [0.1, 0.15) is 0 Å². The smallest absolute Gasteiger partial charge is 0.227 e. The zero-order chi connectivity index (χ0) is 15.4. The lowest BCUT2D eigenvalue weighted by atomic mass is 9.88. The summed E-state index contributed by atoms with van der Waals surface area (Å²) in [6, 6.07) is 6.31. The fourth-order valence-corrected chi connectivity index (χ4v) is 3.31. The van der Waals surface area contributed by atoms with Gasteiger partial charge in [0.15, 0.2) is 0 Å². The number of rotatable bonds is 6. The van der Waals surface area contributed by atoms with E-state index < -0.39 is 0 Å². The number of thioether (sulfide) groups is 1. The number of amides is 1. The fourth-order valence-electron chi connectivity index (χ4n) is 2.29. The predicted octanol–water partition coefficient (Wildman–Crippen LogP) is 3.68. The molecule has 1 aromatic rings. The molecule has 116 valence electrons. The van der Waals surface area contributed by atoms with Crippen molar-refractivity contribution in [3.05, 3.63) is 23.8 Å². The van der Waals surface area contributed by atoms with E-state index in [0.717, 1.165) is 30.8 Å². The van der Waals surface area contributed by atoms with E-state index in [4.69, 9.17) is 0 Å². The van der Waals surface area contributed by atoms with E-state index in [2.05, 4.69) is 43.5 Å². The van der Waals surface area contributed by atoms with Crippen molar-refractivity contribution in [1.82, 2.24) is 5.32 Å². The molecule has 1 fully saturated rings. The van der Waals surface area contributed by atoms with Crippen LogP contribution in [0.1, 0.15) is 32.8 Å². The lowest BCUT2D eigenvalue weighted by Gasteiger charge is -2.31. The Morgan fingerprint density at radius 2 is 2.14 bits per heavy atom. The van der Waals surface area contributed by atoms with Crippen LogP contribution in [0.2, 0.25) is 0 Å². The van der Waals surface area contributed by atoms with Crippen LogP contribution < -0.4 is 10.6 Å². The zero-order valence-electron chi connectivity index (χ0n) is 13.4. The topological polar surface area (TPSA) is 41.1 Å². The van der Waals surface area contributed by atoms with Crippen molar-refractivity contribution in [2.75, 3.05) is 18.4 Å².